The predicted octanol–water partition coefficient (Wildman–Crippen LogP) is 2.30. The summed E-state index contributed by atoms with van der Waals surface area (Å²) >= 11 is 2.02. The van der Waals surface area contributed by atoms with E-state index >= 15 is 0 Å². The Morgan fingerprint density at radius 2 is 2.35 bits per heavy atom. The minimum absolute atomic E-state index is 0.0535. The number of hydrogen-bond acceptors (Lipinski definition) is 5. The number of rotatable bonds is 3. The fourth-order valence-corrected chi connectivity index (χ4v) is 3.73. The Bertz CT molecular complexity index is 515. The van der Waals surface area contributed by atoms with Crippen molar-refractivity contribution in [3.05, 3.63) is 12.1 Å². The third-order valence-corrected chi connectivity index (χ3v) is 4.98. The van der Waals surface area contributed by atoms with Gasteiger partial charge < -0.3 is 21.1 Å². The van der Waals surface area contributed by atoms with Crippen LogP contribution < -0.4 is 21.1 Å². The number of carbonyl (C=O) groups is 1. The molecule has 5 nitrogen and oxygen atoms in total. The van der Waals surface area contributed by atoms with Crippen molar-refractivity contribution in [1.82, 2.24) is 0 Å². The van der Waals surface area contributed by atoms with E-state index in [0.29, 0.717) is 22.4 Å². The van der Waals surface area contributed by atoms with E-state index in [4.69, 9.17) is 10.5 Å². The van der Waals surface area contributed by atoms with Crippen LogP contribution in [0.4, 0.5) is 17.1 Å². The highest BCUT2D eigenvalue weighted by molar-refractivity contribution is 7.99. The van der Waals surface area contributed by atoms with Crippen LogP contribution in [-0.2, 0) is 4.79 Å². The third-order valence-electron chi connectivity index (χ3n) is 3.58. The lowest BCUT2D eigenvalue weighted by molar-refractivity contribution is -0.118. The first-order valence-electron chi connectivity index (χ1n) is 6.94. The zero-order chi connectivity index (χ0) is 13.9. The monoisotopic (exact) mass is 293 g/mol. The van der Waals surface area contributed by atoms with Gasteiger partial charge in [-0.2, -0.15) is 11.8 Å². The van der Waals surface area contributed by atoms with Gasteiger partial charge in [0.05, 0.1) is 17.1 Å². The van der Waals surface area contributed by atoms with Crippen LogP contribution in [0, 0.1) is 0 Å². The number of carbonyl (C=O) groups excluding carboxylic acids is 1. The van der Waals surface area contributed by atoms with Crippen molar-refractivity contribution in [2.24, 2.45) is 0 Å². The Balaban J connectivity index is 1.69. The zero-order valence-electron chi connectivity index (χ0n) is 11.3. The number of ether oxygens (including phenoxy) is 1. The quantitative estimate of drug-likeness (QED) is 0.746. The van der Waals surface area contributed by atoms with Crippen molar-refractivity contribution in [1.29, 1.82) is 0 Å². The molecule has 2 heterocycles. The maximum atomic E-state index is 11.3. The number of fused-ring (bicyclic) bond motifs is 1. The van der Waals surface area contributed by atoms with Crippen LogP contribution in [0.25, 0.3) is 0 Å². The molecule has 0 spiro atoms. The van der Waals surface area contributed by atoms with E-state index in [-0.39, 0.29) is 12.5 Å². The van der Waals surface area contributed by atoms with Gasteiger partial charge in [0.1, 0.15) is 5.75 Å². The molecule has 1 saturated heterocycles. The highest BCUT2D eigenvalue weighted by Crippen LogP contribution is 2.35. The first-order chi connectivity index (χ1) is 9.72. The first-order valence-corrected chi connectivity index (χ1v) is 7.99. The van der Waals surface area contributed by atoms with Gasteiger partial charge in [-0.1, -0.05) is 6.42 Å². The van der Waals surface area contributed by atoms with Gasteiger partial charge in [0.15, 0.2) is 6.61 Å². The van der Waals surface area contributed by atoms with Crippen molar-refractivity contribution in [3.8, 4) is 5.75 Å². The molecule has 3 rings (SSSR count). The Morgan fingerprint density at radius 3 is 3.15 bits per heavy atom. The normalized spacial score (nSPS) is 21.6. The van der Waals surface area contributed by atoms with Crippen molar-refractivity contribution < 1.29 is 9.53 Å². The van der Waals surface area contributed by atoms with Gasteiger partial charge in [-0.05, 0) is 24.7 Å². The smallest absolute Gasteiger partial charge is 0.262 e. The molecule has 1 aromatic carbocycles. The number of benzene rings is 1. The highest BCUT2D eigenvalue weighted by Gasteiger charge is 2.19. The summed E-state index contributed by atoms with van der Waals surface area (Å²) in [5, 5.41) is 6.84. The largest absolute Gasteiger partial charge is 0.482 e. The van der Waals surface area contributed by atoms with Gasteiger partial charge in [0, 0.05) is 17.9 Å². The highest BCUT2D eigenvalue weighted by atomic mass is 32.2. The summed E-state index contributed by atoms with van der Waals surface area (Å²) in [6.07, 6.45) is 3.89. The van der Waals surface area contributed by atoms with Crippen molar-refractivity contribution >= 4 is 34.7 Å². The minimum atomic E-state index is -0.129. The second kappa shape index (κ2) is 5.83. The number of amides is 1. The molecule has 4 N–H and O–H groups in total. The topological polar surface area (TPSA) is 76.4 Å². The summed E-state index contributed by atoms with van der Waals surface area (Å²) < 4.78 is 5.34. The lowest BCUT2D eigenvalue weighted by atomic mass is 10.1. The Kier molecular flexibility index (Phi) is 3.91. The molecule has 0 radical (unpaired) electrons. The first kappa shape index (κ1) is 13.4. The van der Waals surface area contributed by atoms with Crippen LogP contribution >= 0.6 is 11.8 Å². The number of nitrogens with two attached hydrogens (primary N) is 1. The molecule has 1 unspecified atom stereocenters. The van der Waals surface area contributed by atoms with Gasteiger partial charge in [0.2, 0.25) is 0 Å². The molecule has 2 aliphatic heterocycles. The van der Waals surface area contributed by atoms with E-state index in [2.05, 4.69) is 10.6 Å². The Morgan fingerprint density at radius 1 is 1.45 bits per heavy atom. The second-order valence-electron chi connectivity index (χ2n) is 5.14. The fourth-order valence-electron chi connectivity index (χ4n) is 2.49. The van der Waals surface area contributed by atoms with E-state index in [1.165, 1.54) is 25.0 Å². The number of nitrogens with one attached hydrogen (secondary N) is 2. The van der Waals surface area contributed by atoms with Gasteiger partial charge in [-0.15, -0.1) is 0 Å². The van der Waals surface area contributed by atoms with Gasteiger partial charge in [-0.3, -0.25) is 4.79 Å². The lowest BCUT2D eigenvalue weighted by Gasteiger charge is -2.24. The van der Waals surface area contributed by atoms with Crippen molar-refractivity contribution in [2.75, 3.05) is 35.3 Å². The van der Waals surface area contributed by atoms with Crippen molar-refractivity contribution in [2.45, 2.75) is 24.5 Å². The predicted molar refractivity (Wildman–Crippen MR) is 83.6 cm³/mol. The van der Waals surface area contributed by atoms with Crippen molar-refractivity contribution in [3.63, 3.8) is 0 Å². The summed E-state index contributed by atoms with van der Waals surface area (Å²) in [4.78, 5) is 11.3. The van der Waals surface area contributed by atoms with E-state index in [1.54, 1.807) is 6.07 Å². The Hall–Kier alpha value is -1.56. The number of nitrogen functional groups attached to an aromatic ring is 1. The molecule has 0 aromatic heterocycles. The average molecular weight is 293 g/mol. The summed E-state index contributed by atoms with van der Waals surface area (Å²) in [5.41, 5.74) is 8.24. The molecular formula is C14H19N3O2S. The second-order valence-corrected chi connectivity index (χ2v) is 6.55. The van der Waals surface area contributed by atoms with E-state index in [9.17, 15) is 4.79 Å². The van der Waals surface area contributed by atoms with Gasteiger partial charge in [0.25, 0.3) is 5.91 Å². The summed E-state index contributed by atoms with van der Waals surface area (Å²) in [6.45, 7) is 0.959. The van der Waals surface area contributed by atoms with E-state index in [1.807, 2.05) is 17.8 Å². The molecule has 1 aromatic rings. The van der Waals surface area contributed by atoms with Crippen LogP contribution in [0.2, 0.25) is 0 Å². The van der Waals surface area contributed by atoms with Gasteiger partial charge >= 0.3 is 0 Å². The molecule has 2 aliphatic rings. The van der Waals surface area contributed by atoms with Crippen LogP contribution in [0.1, 0.15) is 19.3 Å². The van der Waals surface area contributed by atoms with Crippen LogP contribution in [0.5, 0.6) is 5.75 Å². The van der Waals surface area contributed by atoms with Crippen LogP contribution in [0.15, 0.2) is 12.1 Å². The molecule has 1 amide bonds. The molecule has 0 aliphatic carbocycles. The number of anilines is 3. The molecular weight excluding hydrogens is 274 g/mol. The maximum Gasteiger partial charge on any atom is 0.262 e. The molecule has 0 bridgehead atoms. The number of thioether (sulfide) groups is 1. The van der Waals surface area contributed by atoms with Gasteiger partial charge in [-0.25, -0.2) is 0 Å². The molecule has 1 atom stereocenters. The standard InChI is InChI=1S/C14H19N3O2S/c15-10-5-13-12(17-14(18)8-19-13)6-11(10)16-7-9-3-1-2-4-20-9/h5-6,9,16H,1-4,7-8,15H2,(H,17,18). The molecule has 0 saturated carbocycles. The third kappa shape index (κ3) is 2.95. The van der Waals surface area contributed by atoms with E-state index in [0.717, 1.165) is 12.2 Å². The minimum Gasteiger partial charge on any atom is -0.482 e. The maximum absolute atomic E-state index is 11.3. The van der Waals surface area contributed by atoms with Crippen LogP contribution in [0.3, 0.4) is 0 Å². The molecule has 20 heavy (non-hydrogen) atoms. The fraction of sp³-hybridized carbons (Fsp3) is 0.500. The van der Waals surface area contributed by atoms with E-state index < -0.39 is 0 Å². The summed E-state index contributed by atoms with van der Waals surface area (Å²) in [7, 11) is 0. The molecule has 6 heteroatoms. The lowest BCUT2D eigenvalue weighted by Crippen LogP contribution is -2.26. The zero-order valence-corrected chi connectivity index (χ0v) is 12.1. The molecule has 1 fully saturated rings. The number of hydrogen-bond donors (Lipinski definition) is 3. The van der Waals surface area contributed by atoms with Crippen LogP contribution in [-0.4, -0.2) is 30.1 Å². The Labute approximate surface area is 122 Å². The average Bonchev–Trinajstić information content (AvgIpc) is 2.46. The SMILES string of the molecule is Nc1cc2c(cc1NCC1CCCCS1)NC(=O)CO2. The summed E-state index contributed by atoms with van der Waals surface area (Å²) in [5.74, 6) is 1.76. The molecule has 108 valence electrons. The summed E-state index contributed by atoms with van der Waals surface area (Å²) in [6, 6.07) is 3.63.